The largest absolute Gasteiger partial charge is 0.369 e. The van der Waals surface area contributed by atoms with Gasteiger partial charge in [-0.25, -0.2) is 0 Å². The number of hydrogen-bond acceptors (Lipinski definition) is 1. The normalized spacial score (nSPS) is 26.7. The standard InChI is InChI=1S/C15H16ClNO/c1-8-5-9-6-13-10(12(9)7-14(8)16)3-2-4-11(13)15(17)18/h5,7,11H,2-4,6H2,1H3,(H2,17,18)/i11D. The molecule has 2 aliphatic carbocycles. The van der Waals surface area contributed by atoms with Gasteiger partial charge in [-0.1, -0.05) is 17.7 Å². The summed E-state index contributed by atoms with van der Waals surface area (Å²) >= 11 is 6.20. The molecule has 1 unspecified atom stereocenters. The molecular formula is C15H16ClNO. The minimum Gasteiger partial charge on any atom is -0.369 e. The lowest BCUT2D eigenvalue weighted by Gasteiger charge is -2.22. The third-order valence-corrected chi connectivity index (χ3v) is 4.36. The van der Waals surface area contributed by atoms with Crippen LogP contribution in [0.1, 0.15) is 37.3 Å². The van der Waals surface area contributed by atoms with Crippen LogP contribution in [0.25, 0.3) is 5.57 Å². The molecule has 1 aromatic rings. The fraction of sp³-hybridized carbons (Fsp3) is 0.400. The van der Waals surface area contributed by atoms with E-state index in [4.69, 9.17) is 18.7 Å². The van der Waals surface area contributed by atoms with Gasteiger partial charge in [0.25, 0.3) is 0 Å². The van der Waals surface area contributed by atoms with Gasteiger partial charge in [-0.3, -0.25) is 4.79 Å². The highest BCUT2D eigenvalue weighted by molar-refractivity contribution is 6.31. The average Bonchev–Trinajstić information content (AvgIpc) is 2.70. The van der Waals surface area contributed by atoms with Gasteiger partial charge in [0.1, 0.15) is 0 Å². The molecule has 3 heteroatoms. The SMILES string of the molecule is [2H]C1(C(N)=O)CCCC2=C1Cc1cc(C)c(Cl)cc12. The number of carbonyl (C=O) groups excluding carboxylic acids is 1. The molecule has 0 bridgehead atoms. The Morgan fingerprint density at radius 2 is 2.33 bits per heavy atom. The van der Waals surface area contributed by atoms with Crippen LogP contribution in [-0.4, -0.2) is 5.91 Å². The fourth-order valence-corrected chi connectivity index (χ4v) is 3.23. The van der Waals surface area contributed by atoms with Crippen LogP contribution in [0.4, 0.5) is 0 Å². The molecule has 0 aromatic heterocycles. The highest BCUT2D eigenvalue weighted by Crippen LogP contribution is 2.45. The Morgan fingerprint density at radius 3 is 3.06 bits per heavy atom. The van der Waals surface area contributed by atoms with Gasteiger partial charge in [0, 0.05) is 6.39 Å². The molecule has 2 N–H and O–H groups in total. The first-order valence-corrected chi connectivity index (χ1v) is 6.63. The van der Waals surface area contributed by atoms with Crippen molar-refractivity contribution >= 4 is 23.1 Å². The van der Waals surface area contributed by atoms with E-state index in [2.05, 4.69) is 6.07 Å². The Morgan fingerprint density at radius 1 is 1.56 bits per heavy atom. The monoisotopic (exact) mass is 262 g/mol. The molecule has 2 aliphatic rings. The minimum atomic E-state index is -1.23. The van der Waals surface area contributed by atoms with Crippen LogP contribution in [-0.2, 0) is 11.2 Å². The first-order valence-electron chi connectivity index (χ1n) is 6.75. The summed E-state index contributed by atoms with van der Waals surface area (Å²) in [6.45, 7) is 1.97. The highest BCUT2D eigenvalue weighted by atomic mass is 35.5. The van der Waals surface area contributed by atoms with Crippen molar-refractivity contribution in [3.63, 3.8) is 0 Å². The van der Waals surface area contributed by atoms with Crippen LogP contribution < -0.4 is 5.73 Å². The van der Waals surface area contributed by atoms with Gasteiger partial charge in [-0.05, 0) is 66.5 Å². The quantitative estimate of drug-likeness (QED) is 0.830. The van der Waals surface area contributed by atoms with Crippen LogP contribution in [0.3, 0.4) is 0 Å². The van der Waals surface area contributed by atoms with Crippen molar-refractivity contribution in [1.29, 1.82) is 0 Å². The zero-order chi connectivity index (χ0) is 13.8. The number of allylic oxidation sites excluding steroid dienone is 1. The van der Waals surface area contributed by atoms with Gasteiger partial charge in [-0.2, -0.15) is 0 Å². The van der Waals surface area contributed by atoms with E-state index in [9.17, 15) is 4.79 Å². The molecule has 0 fully saturated rings. The number of fused-ring (bicyclic) bond motifs is 2. The highest BCUT2D eigenvalue weighted by Gasteiger charge is 2.33. The molecule has 1 aromatic carbocycles. The van der Waals surface area contributed by atoms with Crippen LogP contribution in [0.15, 0.2) is 17.7 Å². The van der Waals surface area contributed by atoms with Crippen LogP contribution in [0.5, 0.6) is 0 Å². The summed E-state index contributed by atoms with van der Waals surface area (Å²) in [4.78, 5) is 11.7. The molecule has 0 heterocycles. The van der Waals surface area contributed by atoms with Gasteiger partial charge >= 0.3 is 0 Å². The third-order valence-electron chi connectivity index (χ3n) is 3.96. The van der Waals surface area contributed by atoms with E-state index in [1.165, 1.54) is 5.56 Å². The number of nitrogens with two attached hydrogens (primary N) is 1. The minimum absolute atomic E-state index is 0.530. The first kappa shape index (κ1) is 10.6. The predicted molar refractivity (Wildman–Crippen MR) is 73.3 cm³/mol. The number of benzene rings is 1. The second kappa shape index (κ2) is 4.13. The number of carbonyl (C=O) groups is 1. The zero-order valence-electron chi connectivity index (χ0n) is 11.3. The van der Waals surface area contributed by atoms with Crippen LogP contribution >= 0.6 is 11.6 Å². The van der Waals surface area contributed by atoms with Gasteiger partial charge < -0.3 is 5.73 Å². The average molecular weight is 263 g/mol. The van der Waals surface area contributed by atoms with E-state index in [0.29, 0.717) is 12.8 Å². The van der Waals surface area contributed by atoms with E-state index >= 15 is 0 Å². The molecule has 0 saturated heterocycles. The summed E-state index contributed by atoms with van der Waals surface area (Å²) in [7, 11) is 0. The lowest BCUT2D eigenvalue weighted by molar-refractivity contribution is -0.121. The van der Waals surface area contributed by atoms with Gasteiger partial charge in [0.2, 0.25) is 5.91 Å². The molecule has 1 amide bonds. The number of rotatable bonds is 1. The lowest BCUT2D eigenvalue weighted by atomic mass is 9.82. The van der Waals surface area contributed by atoms with Gasteiger partial charge in [0.15, 0.2) is 0 Å². The Labute approximate surface area is 113 Å². The van der Waals surface area contributed by atoms with Crippen molar-refractivity contribution in [2.75, 3.05) is 0 Å². The summed E-state index contributed by atoms with van der Waals surface area (Å²) in [5.41, 5.74) is 10.8. The van der Waals surface area contributed by atoms with Gasteiger partial charge in [-0.15, -0.1) is 0 Å². The number of hydrogen-bond donors (Lipinski definition) is 1. The van der Waals surface area contributed by atoms with Crippen molar-refractivity contribution in [3.8, 4) is 0 Å². The van der Waals surface area contributed by atoms with Crippen molar-refractivity contribution in [1.82, 2.24) is 0 Å². The maximum absolute atomic E-state index is 11.7. The second-order valence-electron chi connectivity index (χ2n) is 5.09. The van der Waals surface area contributed by atoms with Crippen molar-refractivity contribution in [2.45, 2.75) is 32.6 Å². The lowest BCUT2D eigenvalue weighted by Crippen LogP contribution is -2.27. The number of halogens is 1. The number of aryl methyl sites for hydroxylation is 1. The molecule has 0 spiro atoms. The second-order valence-corrected chi connectivity index (χ2v) is 5.50. The van der Waals surface area contributed by atoms with E-state index in [1.54, 1.807) is 0 Å². The van der Waals surface area contributed by atoms with E-state index < -0.39 is 11.8 Å². The van der Waals surface area contributed by atoms with Crippen molar-refractivity contribution in [2.24, 2.45) is 11.6 Å². The summed E-state index contributed by atoms with van der Waals surface area (Å²) in [5, 5.41) is 0.743. The molecule has 1 atom stereocenters. The topological polar surface area (TPSA) is 43.1 Å². The van der Waals surface area contributed by atoms with E-state index in [-0.39, 0.29) is 0 Å². The third kappa shape index (κ3) is 1.67. The molecule has 18 heavy (non-hydrogen) atoms. The molecule has 2 nitrogen and oxygen atoms in total. The molecular weight excluding hydrogens is 246 g/mol. The number of primary amides is 1. The summed E-state index contributed by atoms with van der Waals surface area (Å²) in [6.07, 6.45) is 2.93. The first-order chi connectivity index (χ1) is 8.93. The van der Waals surface area contributed by atoms with Crippen LogP contribution in [0, 0.1) is 12.8 Å². The number of amides is 1. The van der Waals surface area contributed by atoms with Gasteiger partial charge in [0.05, 0.1) is 5.89 Å². The van der Waals surface area contributed by atoms with E-state index in [1.807, 2.05) is 13.0 Å². The summed E-state index contributed by atoms with van der Waals surface area (Å²) in [5.74, 6) is -1.76. The van der Waals surface area contributed by atoms with Crippen molar-refractivity contribution < 1.29 is 6.17 Å². The summed E-state index contributed by atoms with van der Waals surface area (Å²) in [6, 6.07) is 4.04. The zero-order valence-corrected chi connectivity index (χ0v) is 11.1. The predicted octanol–water partition coefficient (Wildman–Crippen LogP) is 3.24. The molecule has 3 rings (SSSR count). The summed E-state index contributed by atoms with van der Waals surface area (Å²) < 4.78 is 8.42. The maximum atomic E-state index is 11.7. The molecule has 0 radical (unpaired) electrons. The van der Waals surface area contributed by atoms with Crippen molar-refractivity contribution in [3.05, 3.63) is 39.4 Å². The Bertz CT molecular complexity index is 623. The molecule has 0 saturated carbocycles. The molecule has 94 valence electrons. The van der Waals surface area contributed by atoms with E-state index in [0.717, 1.165) is 40.1 Å². The smallest absolute Gasteiger partial charge is 0.224 e. The van der Waals surface area contributed by atoms with Crippen LogP contribution in [0.2, 0.25) is 5.02 Å². The fourth-order valence-electron chi connectivity index (χ4n) is 3.07. The molecule has 0 aliphatic heterocycles. The Balaban J connectivity index is 2.16. The Hall–Kier alpha value is -1.28. The Kier molecular flexibility index (Phi) is 2.44. The maximum Gasteiger partial charge on any atom is 0.224 e.